The highest BCUT2D eigenvalue weighted by atomic mass is 15.3. The molecule has 1 aliphatic rings. The van der Waals surface area contributed by atoms with Crippen LogP contribution in [0.25, 0.3) is 0 Å². The summed E-state index contributed by atoms with van der Waals surface area (Å²) < 4.78 is 2.08. The molecule has 0 saturated heterocycles. The monoisotopic (exact) mass is 193 g/mol. The maximum atomic E-state index is 5.76. The molecule has 0 spiro atoms. The van der Waals surface area contributed by atoms with Gasteiger partial charge in [0.05, 0.1) is 6.04 Å². The van der Waals surface area contributed by atoms with Crippen LogP contribution in [-0.2, 0) is 0 Å². The van der Waals surface area contributed by atoms with E-state index in [1.165, 1.54) is 25.7 Å². The van der Waals surface area contributed by atoms with E-state index in [9.17, 15) is 0 Å². The van der Waals surface area contributed by atoms with Gasteiger partial charge in [-0.2, -0.15) is 5.10 Å². The molecule has 1 aromatic heterocycles. The number of anilines is 1. The number of aryl methyl sites for hydroxylation is 1. The maximum Gasteiger partial charge on any atom is 0.148 e. The smallest absolute Gasteiger partial charge is 0.148 e. The molecule has 2 rings (SSSR count). The molecule has 3 nitrogen and oxygen atoms in total. The number of nitrogens with zero attached hydrogens (tertiary/aromatic N) is 2. The number of nitrogens with two attached hydrogens (primary N) is 1. The van der Waals surface area contributed by atoms with Crippen molar-refractivity contribution in [2.75, 3.05) is 5.73 Å². The fourth-order valence-corrected chi connectivity index (χ4v) is 2.36. The molecule has 0 aromatic carbocycles. The Hall–Kier alpha value is -0.990. The highest BCUT2D eigenvalue weighted by molar-refractivity contribution is 5.35. The van der Waals surface area contributed by atoms with E-state index in [-0.39, 0.29) is 0 Å². The third kappa shape index (κ3) is 1.63. The minimum absolute atomic E-state index is 0.569. The number of hydrogen-bond acceptors (Lipinski definition) is 2. The van der Waals surface area contributed by atoms with Crippen molar-refractivity contribution in [3.05, 3.63) is 11.8 Å². The summed E-state index contributed by atoms with van der Waals surface area (Å²) >= 11 is 0. The van der Waals surface area contributed by atoms with E-state index in [2.05, 4.69) is 22.9 Å². The Morgan fingerprint density at radius 2 is 2.14 bits per heavy atom. The van der Waals surface area contributed by atoms with Gasteiger partial charge in [-0.3, -0.25) is 4.68 Å². The Morgan fingerprint density at radius 1 is 1.43 bits per heavy atom. The molecule has 2 unspecified atom stereocenters. The predicted octanol–water partition coefficient (Wildman–Crippen LogP) is 2.52. The third-order valence-electron chi connectivity index (χ3n) is 3.36. The minimum Gasteiger partial charge on any atom is -0.382 e. The number of rotatable bonds is 1. The summed E-state index contributed by atoms with van der Waals surface area (Å²) in [6.07, 6.45) is 7.36. The van der Waals surface area contributed by atoms with Gasteiger partial charge in [0.25, 0.3) is 0 Å². The van der Waals surface area contributed by atoms with Gasteiger partial charge in [0, 0.05) is 11.8 Å². The van der Waals surface area contributed by atoms with E-state index in [1.54, 1.807) is 0 Å². The average molecular weight is 193 g/mol. The van der Waals surface area contributed by atoms with Crippen LogP contribution in [-0.4, -0.2) is 9.78 Å². The van der Waals surface area contributed by atoms with Gasteiger partial charge in [-0.1, -0.05) is 19.8 Å². The first-order chi connectivity index (χ1) is 6.68. The molecular formula is C11H19N3. The van der Waals surface area contributed by atoms with Crippen LogP contribution < -0.4 is 5.73 Å². The topological polar surface area (TPSA) is 43.8 Å². The Kier molecular flexibility index (Phi) is 2.48. The highest BCUT2D eigenvalue weighted by Crippen LogP contribution is 2.33. The Bertz CT molecular complexity index is 297. The fraction of sp³-hybridized carbons (Fsp3) is 0.727. The predicted molar refractivity (Wildman–Crippen MR) is 58.0 cm³/mol. The molecule has 0 amide bonds. The van der Waals surface area contributed by atoms with Crippen LogP contribution in [0.4, 0.5) is 5.82 Å². The van der Waals surface area contributed by atoms with Gasteiger partial charge < -0.3 is 5.73 Å². The second kappa shape index (κ2) is 3.64. The lowest BCUT2D eigenvalue weighted by Crippen LogP contribution is -2.21. The van der Waals surface area contributed by atoms with Gasteiger partial charge in [0.15, 0.2) is 0 Å². The summed E-state index contributed by atoms with van der Waals surface area (Å²) in [6, 6.07) is 0.569. The highest BCUT2D eigenvalue weighted by Gasteiger charge is 2.23. The van der Waals surface area contributed by atoms with Gasteiger partial charge in [-0.25, -0.2) is 0 Å². The largest absolute Gasteiger partial charge is 0.382 e. The van der Waals surface area contributed by atoms with Gasteiger partial charge in [-0.05, 0) is 25.7 Å². The molecule has 0 radical (unpaired) electrons. The van der Waals surface area contributed by atoms with E-state index in [4.69, 9.17) is 5.73 Å². The van der Waals surface area contributed by atoms with Crippen molar-refractivity contribution < 1.29 is 0 Å². The van der Waals surface area contributed by atoms with Crippen LogP contribution in [0.2, 0.25) is 0 Å². The van der Waals surface area contributed by atoms with Gasteiger partial charge in [0.2, 0.25) is 0 Å². The number of nitrogen functional groups attached to an aromatic ring is 1. The van der Waals surface area contributed by atoms with Crippen LogP contribution in [0.1, 0.15) is 44.2 Å². The average Bonchev–Trinajstić information content (AvgIpc) is 2.48. The quantitative estimate of drug-likeness (QED) is 0.744. The molecule has 1 aliphatic carbocycles. The molecule has 78 valence electrons. The molecule has 1 fully saturated rings. The fourth-order valence-electron chi connectivity index (χ4n) is 2.36. The Morgan fingerprint density at radius 3 is 2.71 bits per heavy atom. The zero-order chi connectivity index (χ0) is 10.1. The molecule has 1 heterocycles. The first-order valence-corrected chi connectivity index (χ1v) is 5.49. The van der Waals surface area contributed by atoms with Crippen molar-refractivity contribution in [1.82, 2.24) is 9.78 Å². The summed E-state index contributed by atoms with van der Waals surface area (Å²) in [5.41, 5.74) is 6.86. The maximum absolute atomic E-state index is 5.76. The molecule has 3 heteroatoms. The van der Waals surface area contributed by atoms with Crippen molar-refractivity contribution in [3.8, 4) is 0 Å². The van der Waals surface area contributed by atoms with E-state index in [0.717, 1.165) is 11.5 Å². The first kappa shape index (κ1) is 9.56. The van der Waals surface area contributed by atoms with E-state index >= 15 is 0 Å². The van der Waals surface area contributed by atoms with Crippen molar-refractivity contribution in [2.24, 2.45) is 5.92 Å². The SMILES string of the molecule is Cc1cn(C2CCCCC2C)nc1N. The minimum atomic E-state index is 0.569. The molecule has 2 atom stereocenters. The van der Waals surface area contributed by atoms with Crippen molar-refractivity contribution in [3.63, 3.8) is 0 Å². The summed E-state index contributed by atoms with van der Waals surface area (Å²) in [6.45, 7) is 4.34. The molecule has 1 saturated carbocycles. The molecule has 14 heavy (non-hydrogen) atoms. The molecular weight excluding hydrogens is 174 g/mol. The number of hydrogen-bond donors (Lipinski definition) is 1. The van der Waals surface area contributed by atoms with E-state index < -0.39 is 0 Å². The second-order valence-corrected chi connectivity index (χ2v) is 4.51. The van der Waals surface area contributed by atoms with Crippen LogP contribution in [0.5, 0.6) is 0 Å². The lowest BCUT2D eigenvalue weighted by molar-refractivity contribution is 0.240. The summed E-state index contributed by atoms with van der Waals surface area (Å²) in [4.78, 5) is 0. The zero-order valence-corrected chi connectivity index (χ0v) is 9.03. The second-order valence-electron chi connectivity index (χ2n) is 4.51. The van der Waals surface area contributed by atoms with Crippen molar-refractivity contribution >= 4 is 5.82 Å². The standard InChI is InChI=1S/C11H19N3/c1-8-5-3-4-6-10(8)14-7-9(2)11(12)13-14/h7-8,10H,3-6H2,1-2H3,(H2,12,13). The van der Waals surface area contributed by atoms with Gasteiger partial charge >= 0.3 is 0 Å². The molecule has 2 N–H and O–H groups in total. The van der Waals surface area contributed by atoms with Crippen LogP contribution in [0.15, 0.2) is 6.20 Å². The van der Waals surface area contributed by atoms with Crippen LogP contribution >= 0.6 is 0 Å². The van der Waals surface area contributed by atoms with E-state index in [1.807, 2.05) is 6.92 Å². The van der Waals surface area contributed by atoms with Crippen LogP contribution in [0.3, 0.4) is 0 Å². The third-order valence-corrected chi connectivity index (χ3v) is 3.36. The van der Waals surface area contributed by atoms with Gasteiger partial charge in [0.1, 0.15) is 5.82 Å². The summed E-state index contributed by atoms with van der Waals surface area (Å²) in [5, 5.41) is 4.38. The molecule has 0 aliphatic heterocycles. The Balaban J connectivity index is 2.20. The lowest BCUT2D eigenvalue weighted by atomic mass is 9.86. The van der Waals surface area contributed by atoms with Crippen LogP contribution in [0, 0.1) is 12.8 Å². The first-order valence-electron chi connectivity index (χ1n) is 5.49. The summed E-state index contributed by atoms with van der Waals surface area (Å²) in [5.74, 6) is 1.42. The molecule has 0 bridgehead atoms. The normalized spacial score (nSPS) is 27.9. The van der Waals surface area contributed by atoms with Crippen molar-refractivity contribution in [1.29, 1.82) is 0 Å². The lowest BCUT2D eigenvalue weighted by Gasteiger charge is -2.28. The van der Waals surface area contributed by atoms with Gasteiger partial charge in [-0.15, -0.1) is 0 Å². The Labute approximate surface area is 85.3 Å². The molecule has 1 aromatic rings. The van der Waals surface area contributed by atoms with Crippen molar-refractivity contribution in [2.45, 2.75) is 45.6 Å². The summed E-state index contributed by atoms with van der Waals surface area (Å²) in [7, 11) is 0. The zero-order valence-electron chi connectivity index (χ0n) is 9.03. The number of aromatic nitrogens is 2. The van der Waals surface area contributed by atoms with E-state index in [0.29, 0.717) is 11.9 Å².